The van der Waals surface area contributed by atoms with Crippen molar-refractivity contribution in [1.82, 2.24) is 14.5 Å². The molecule has 1 aromatic carbocycles. The second kappa shape index (κ2) is 6.85. The topological polar surface area (TPSA) is 123 Å². The Morgan fingerprint density at radius 1 is 1.26 bits per heavy atom. The Bertz CT molecular complexity index is 1360. The number of aliphatic hydroxyl groups is 1. The first kappa shape index (κ1) is 19.1. The molecule has 3 N–H and O–H groups in total. The normalized spacial score (nSPS) is 14.2. The molecule has 0 atom stereocenters. The molecule has 0 spiro atoms. The third kappa shape index (κ3) is 3.01. The predicted molar refractivity (Wildman–Crippen MR) is 111 cm³/mol. The third-order valence-corrected chi connectivity index (χ3v) is 5.58. The van der Waals surface area contributed by atoms with Crippen molar-refractivity contribution in [3.05, 3.63) is 59.1 Å². The quantitative estimate of drug-likeness (QED) is 0.523. The monoisotopic (exact) mass is 420 g/mol. The molecule has 158 valence electrons. The van der Waals surface area contributed by atoms with Crippen LogP contribution in [0.15, 0.2) is 41.1 Å². The maximum atomic E-state index is 12.8. The molecule has 2 amide bonds. The second-order valence-corrected chi connectivity index (χ2v) is 7.68. The van der Waals surface area contributed by atoms with Crippen LogP contribution in [0, 0.1) is 13.8 Å². The van der Waals surface area contributed by atoms with E-state index in [-0.39, 0.29) is 5.91 Å². The zero-order chi connectivity index (χ0) is 21.9. The number of nitrogens with zero attached hydrogens (tertiary/aromatic N) is 3. The van der Waals surface area contributed by atoms with Crippen LogP contribution in [-0.2, 0) is 0 Å². The average Bonchev–Trinajstić information content (AvgIpc) is 3.21. The van der Waals surface area contributed by atoms with Crippen molar-refractivity contribution < 1.29 is 23.8 Å². The van der Waals surface area contributed by atoms with Gasteiger partial charge in [0.2, 0.25) is 0 Å². The molecule has 0 radical (unpaired) electrons. The van der Waals surface area contributed by atoms with Gasteiger partial charge in [0.05, 0.1) is 23.4 Å². The van der Waals surface area contributed by atoms with Gasteiger partial charge in [0.15, 0.2) is 5.75 Å². The lowest BCUT2D eigenvalue weighted by molar-refractivity contribution is 0.00585. The lowest BCUT2D eigenvalue weighted by Gasteiger charge is -2.35. The van der Waals surface area contributed by atoms with Crippen LogP contribution in [0.5, 0.6) is 11.5 Å². The van der Waals surface area contributed by atoms with Gasteiger partial charge >= 0.3 is 0 Å². The number of primary amides is 1. The molecule has 3 aromatic heterocycles. The Labute approximate surface area is 176 Å². The number of aryl methyl sites for hydroxylation is 2. The maximum Gasteiger partial charge on any atom is 0.255 e. The first-order valence-corrected chi connectivity index (χ1v) is 9.78. The van der Waals surface area contributed by atoms with Crippen molar-refractivity contribution in [2.75, 3.05) is 13.1 Å². The van der Waals surface area contributed by atoms with Gasteiger partial charge in [-0.3, -0.25) is 9.59 Å². The summed E-state index contributed by atoms with van der Waals surface area (Å²) in [5.74, 6) is 0.785. The summed E-state index contributed by atoms with van der Waals surface area (Å²) in [5.41, 5.74) is 8.22. The molecule has 1 saturated heterocycles. The molecule has 0 bridgehead atoms. The van der Waals surface area contributed by atoms with Crippen molar-refractivity contribution in [2.45, 2.75) is 20.0 Å². The first-order chi connectivity index (χ1) is 14.8. The number of aliphatic hydroxyl groups excluding tert-OH is 1. The van der Waals surface area contributed by atoms with Crippen LogP contribution in [0.2, 0.25) is 0 Å². The van der Waals surface area contributed by atoms with E-state index in [1.165, 1.54) is 0 Å². The molecule has 4 aromatic rings. The summed E-state index contributed by atoms with van der Waals surface area (Å²) < 4.78 is 13.4. The second-order valence-electron chi connectivity index (χ2n) is 7.68. The number of amides is 2. The molecular formula is C22H20N4O5. The average molecular weight is 420 g/mol. The molecule has 4 heterocycles. The van der Waals surface area contributed by atoms with Crippen molar-refractivity contribution in [1.29, 1.82) is 0 Å². The van der Waals surface area contributed by atoms with E-state index in [0.717, 1.165) is 5.56 Å². The summed E-state index contributed by atoms with van der Waals surface area (Å²) >= 11 is 0. The molecule has 0 saturated carbocycles. The van der Waals surface area contributed by atoms with E-state index >= 15 is 0 Å². The number of benzene rings is 1. The van der Waals surface area contributed by atoms with Gasteiger partial charge in [-0.05, 0) is 31.5 Å². The number of aromatic nitrogens is 2. The molecule has 1 fully saturated rings. The summed E-state index contributed by atoms with van der Waals surface area (Å²) in [6.07, 6.45) is 2.79. The van der Waals surface area contributed by atoms with Crippen molar-refractivity contribution >= 4 is 28.3 Å². The molecule has 31 heavy (non-hydrogen) atoms. The van der Waals surface area contributed by atoms with Gasteiger partial charge in [0.1, 0.15) is 22.6 Å². The number of hydrogen-bond acceptors (Lipinski definition) is 6. The summed E-state index contributed by atoms with van der Waals surface area (Å²) in [6, 6.07) is 6.87. The highest BCUT2D eigenvalue weighted by Crippen LogP contribution is 2.34. The van der Waals surface area contributed by atoms with Crippen LogP contribution in [0.25, 0.3) is 16.5 Å². The number of nitrogens with two attached hydrogens (primary N) is 1. The minimum atomic E-state index is -0.545. The van der Waals surface area contributed by atoms with E-state index in [1.54, 1.807) is 53.0 Å². The predicted octanol–water partition coefficient (Wildman–Crippen LogP) is 2.41. The van der Waals surface area contributed by atoms with Gasteiger partial charge in [-0.1, -0.05) is 0 Å². The molecule has 0 aliphatic carbocycles. The summed E-state index contributed by atoms with van der Waals surface area (Å²) in [5, 5.41) is 14.4. The molecular weight excluding hydrogens is 400 g/mol. The Balaban J connectivity index is 1.52. The number of furan rings is 1. The highest BCUT2D eigenvalue weighted by Gasteiger charge is 2.31. The molecule has 0 unspecified atom stereocenters. The largest absolute Gasteiger partial charge is 0.460 e. The van der Waals surface area contributed by atoms with Crippen LogP contribution in [0.4, 0.5) is 0 Å². The standard InChI is InChI=1S/C22H20N4O5/c1-11-16(22(29)25-8-13(27)9-25)10-26-20(11)17(5-6-24-26)31-14-3-4-15-18(7-14)30-12(2)19(15)21(23)28/h3-7,10,13,27H,8-9H2,1-2H3,(H2,23,28). The fourth-order valence-corrected chi connectivity index (χ4v) is 4.01. The molecule has 9 nitrogen and oxygen atoms in total. The fourth-order valence-electron chi connectivity index (χ4n) is 4.01. The van der Waals surface area contributed by atoms with Crippen LogP contribution < -0.4 is 10.5 Å². The zero-order valence-corrected chi connectivity index (χ0v) is 17.0. The molecule has 1 aliphatic heterocycles. The van der Waals surface area contributed by atoms with Crippen LogP contribution in [0.1, 0.15) is 32.0 Å². The number of carbonyl (C=O) groups excluding carboxylic acids is 2. The van der Waals surface area contributed by atoms with Gasteiger partial charge in [0, 0.05) is 36.8 Å². The summed E-state index contributed by atoms with van der Waals surface area (Å²) in [4.78, 5) is 26.0. The SMILES string of the molecule is Cc1oc2cc(Oc3ccnn4cc(C(=O)N5CC(O)C5)c(C)c34)ccc2c1C(N)=O. The van der Waals surface area contributed by atoms with Crippen LogP contribution in [-0.4, -0.2) is 50.6 Å². The lowest BCUT2D eigenvalue weighted by atomic mass is 10.1. The van der Waals surface area contributed by atoms with Crippen molar-refractivity contribution in [2.24, 2.45) is 5.73 Å². The highest BCUT2D eigenvalue weighted by molar-refractivity contribution is 6.06. The third-order valence-electron chi connectivity index (χ3n) is 5.58. The van der Waals surface area contributed by atoms with E-state index in [4.69, 9.17) is 14.9 Å². The van der Waals surface area contributed by atoms with Crippen molar-refractivity contribution in [3.8, 4) is 11.5 Å². The van der Waals surface area contributed by atoms with E-state index in [0.29, 0.717) is 58.0 Å². The maximum absolute atomic E-state index is 12.8. The number of ether oxygens (including phenoxy) is 1. The first-order valence-electron chi connectivity index (χ1n) is 9.78. The van der Waals surface area contributed by atoms with E-state index in [1.807, 2.05) is 6.92 Å². The van der Waals surface area contributed by atoms with Crippen molar-refractivity contribution in [3.63, 3.8) is 0 Å². The number of β-amino-alcohol motifs (C(OH)–C–C–N with tert-alkyl or cyclic N) is 1. The molecule has 1 aliphatic rings. The number of fused-ring (bicyclic) bond motifs is 2. The summed E-state index contributed by atoms with van der Waals surface area (Å²) in [6.45, 7) is 4.19. The Hall–Kier alpha value is -3.85. The number of likely N-dealkylation sites (tertiary alicyclic amines) is 1. The molecule has 5 rings (SSSR count). The Kier molecular flexibility index (Phi) is 4.23. The van der Waals surface area contributed by atoms with E-state index < -0.39 is 12.0 Å². The Morgan fingerprint density at radius 2 is 2.03 bits per heavy atom. The van der Waals surface area contributed by atoms with Gasteiger partial charge in [-0.25, -0.2) is 4.52 Å². The van der Waals surface area contributed by atoms with Gasteiger partial charge in [-0.2, -0.15) is 5.10 Å². The fraction of sp³-hybridized carbons (Fsp3) is 0.227. The smallest absolute Gasteiger partial charge is 0.255 e. The number of carbonyl (C=O) groups is 2. The Morgan fingerprint density at radius 3 is 2.74 bits per heavy atom. The minimum absolute atomic E-state index is 0.147. The van der Waals surface area contributed by atoms with Gasteiger partial charge in [0.25, 0.3) is 11.8 Å². The highest BCUT2D eigenvalue weighted by atomic mass is 16.5. The molecule has 9 heteroatoms. The zero-order valence-electron chi connectivity index (χ0n) is 17.0. The van der Waals surface area contributed by atoms with Gasteiger partial charge in [-0.15, -0.1) is 0 Å². The minimum Gasteiger partial charge on any atom is -0.460 e. The van der Waals surface area contributed by atoms with E-state index in [9.17, 15) is 14.7 Å². The number of rotatable bonds is 4. The van der Waals surface area contributed by atoms with E-state index in [2.05, 4.69) is 5.10 Å². The number of hydrogen-bond donors (Lipinski definition) is 2. The van der Waals surface area contributed by atoms with Gasteiger partial charge < -0.3 is 24.9 Å². The van der Waals surface area contributed by atoms with Crippen LogP contribution in [0.3, 0.4) is 0 Å². The summed E-state index contributed by atoms with van der Waals surface area (Å²) in [7, 11) is 0. The lowest BCUT2D eigenvalue weighted by Crippen LogP contribution is -2.53. The van der Waals surface area contributed by atoms with Crippen LogP contribution >= 0.6 is 0 Å².